The normalized spacial score (nSPS) is 15.0. The van der Waals surface area contributed by atoms with Crippen LogP contribution in [0.4, 0.5) is 11.4 Å². The Morgan fingerprint density at radius 3 is 2.52 bits per heavy atom. The number of rotatable bonds is 5. The summed E-state index contributed by atoms with van der Waals surface area (Å²) in [6.45, 7) is 7.61. The van der Waals surface area contributed by atoms with Crippen LogP contribution in [0.3, 0.4) is 0 Å². The Bertz CT molecular complexity index is 1310. The van der Waals surface area contributed by atoms with Crippen molar-refractivity contribution in [1.29, 1.82) is 0 Å². The first kappa shape index (κ1) is 21.4. The van der Waals surface area contributed by atoms with E-state index in [0.29, 0.717) is 0 Å². The molecule has 0 unspecified atom stereocenters. The molecule has 33 heavy (non-hydrogen) atoms. The number of aryl methyl sites for hydroxylation is 2. The fourth-order valence-electron chi connectivity index (χ4n) is 3.71. The lowest BCUT2D eigenvalue weighted by Crippen LogP contribution is -2.36. The zero-order chi connectivity index (χ0) is 22.6. The smallest absolute Gasteiger partial charge is 0.211 e. The van der Waals surface area contributed by atoms with Crippen LogP contribution in [-0.4, -0.2) is 37.2 Å². The Kier molecular flexibility index (Phi) is 6.24. The van der Waals surface area contributed by atoms with Gasteiger partial charge in [0, 0.05) is 24.2 Å². The summed E-state index contributed by atoms with van der Waals surface area (Å²) >= 11 is 1.54. The monoisotopic (exact) mass is 458 g/mol. The lowest BCUT2D eigenvalue weighted by molar-refractivity contribution is 0.122. The maximum absolute atomic E-state index is 5.65. The van der Waals surface area contributed by atoms with Gasteiger partial charge in [0.05, 0.1) is 31.4 Å². The summed E-state index contributed by atoms with van der Waals surface area (Å²) in [7, 11) is 0. The number of hydrogen-bond donors (Lipinski definition) is 0. The molecule has 0 N–H and O–H groups in total. The van der Waals surface area contributed by atoms with Crippen molar-refractivity contribution in [2.24, 2.45) is 10.1 Å². The number of benzene rings is 2. The summed E-state index contributed by atoms with van der Waals surface area (Å²) in [5, 5.41) is 6.81. The van der Waals surface area contributed by atoms with E-state index in [1.54, 1.807) is 6.26 Å². The molecule has 2 aromatic carbocycles. The van der Waals surface area contributed by atoms with Crippen molar-refractivity contribution in [3.8, 4) is 11.5 Å². The van der Waals surface area contributed by atoms with Crippen LogP contribution in [0, 0.1) is 13.8 Å². The molecular weight excluding hydrogens is 432 g/mol. The summed E-state index contributed by atoms with van der Waals surface area (Å²) in [6.07, 6.45) is 3.53. The molecule has 0 radical (unpaired) electrons. The van der Waals surface area contributed by atoms with Crippen molar-refractivity contribution in [3.05, 3.63) is 87.7 Å². The third kappa shape index (κ3) is 4.84. The minimum Gasteiger partial charge on any atom is -0.463 e. The lowest BCUT2D eigenvalue weighted by Gasteiger charge is -2.28. The van der Waals surface area contributed by atoms with E-state index >= 15 is 0 Å². The minimum atomic E-state index is 0.757. The van der Waals surface area contributed by atoms with E-state index in [1.165, 1.54) is 28.2 Å². The van der Waals surface area contributed by atoms with Gasteiger partial charge in [0.2, 0.25) is 4.80 Å². The molecule has 0 aliphatic carbocycles. The van der Waals surface area contributed by atoms with Gasteiger partial charge in [-0.15, -0.1) is 11.3 Å². The van der Waals surface area contributed by atoms with Gasteiger partial charge in [-0.05, 0) is 66.9 Å². The second-order valence-corrected chi connectivity index (χ2v) is 8.85. The minimum absolute atomic E-state index is 0.757. The van der Waals surface area contributed by atoms with E-state index in [1.807, 2.05) is 34.5 Å². The summed E-state index contributed by atoms with van der Waals surface area (Å²) in [5.41, 5.74) is 6.48. The molecule has 2 aromatic heterocycles. The van der Waals surface area contributed by atoms with E-state index in [4.69, 9.17) is 19.2 Å². The highest BCUT2D eigenvalue weighted by atomic mass is 32.1. The molecule has 0 spiro atoms. The van der Waals surface area contributed by atoms with Gasteiger partial charge in [0.1, 0.15) is 5.69 Å². The molecular formula is C26H26N4O2S. The molecule has 6 nitrogen and oxygen atoms in total. The van der Waals surface area contributed by atoms with Gasteiger partial charge in [-0.2, -0.15) is 5.10 Å². The van der Waals surface area contributed by atoms with Crippen LogP contribution >= 0.6 is 11.3 Å². The zero-order valence-corrected chi connectivity index (χ0v) is 19.6. The largest absolute Gasteiger partial charge is 0.463 e. The van der Waals surface area contributed by atoms with Gasteiger partial charge in [0.25, 0.3) is 0 Å². The highest BCUT2D eigenvalue weighted by Crippen LogP contribution is 2.22. The Hall–Kier alpha value is -3.42. The molecule has 4 aromatic rings. The topological polar surface area (TPSA) is 55.3 Å². The van der Waals surface area contributed by atoms with E-state index in [-0.39, 0.29) is 0 Å². The Balaban J connectivity index is 1.48. The first-order valence-electron chi connectivity index (χ1n) is 11.0. The van der Waals surface area contributed by atoms with E-state index < -0.39 is 0 Å². The molecule has 3 heterocycles. The summed E-state index contributed by atoms with van der Waals surface area (Å²) in [6, 6.07) is 18.5. The van der Waals surface area contributed by atoms with Crippen LogP contribution in [0.2, 0.25) is 0 Å². The molecule has 0 amide bonds. The first-order chi connectivity index (χ1) is 16.2. The number of hydrogen-bond acceptors (Lipinski definition) is 6. The van der Waals surface area contributed by atoms with Crippen molar-refractivity contribution >= 4 is 28.9 Å². The van der Waals surface area contributed by atoms with Gasteiger partial charge in [0.15, 0.2) is 5.76 Å². The van der Waals surface area contributed by atoms with Crippen LogP contribution in [0.15, 0.2) is 80.8 Å². The SMILES string of the molecule is Cc1ccc(N=c2scc(-c3ccco3)n2N=Cc2ccc(N3CCOCC3)cc2)cc1C. The average Bonchev–Trinajstić information content (AvgIpc) is 3.51. The predicted octanol–water partition coefficient (Wildman–Crippen LogP) is 5.38. The van der Waals surface area contributed by atoms with Crippen molar-refractivity contribution in [3.63, 3.8) is 0 Å². The Morgan fingerprint density at radius 1 is 0.970 bits per heavy atom. The molecule has 168 valence electrons. The Morgan fingerprint density at radius 2 is 1.79 bits per heavy atom. The maximum Gasteiger partial charge on any atom is 0.211 e. The molecule has 1 aliphatic rings. The number of anilines is 1. The molecule has 5 rings (SSSR count). The highest BCUT2D eigenvalue weighted by Gasteiger charge is 2.12. The van der Waals surface area contributed by atoms with Crippen LogP contribution in [-0.2, 0) is 4.74 Å². The van der Waals surface area contributed by atoms with Gasteiger partial charge in [-0.1, -0.05) is 18.2 Å². The van der Waals surface area contributed by atoms with Crippen LogP contribution in [0.5, 0.6) is 0 Å². The number of ether oxygens (including phenoxy) is 1. The number of furan rings is 1. The molecule has 1 aliphatic heterocycles. The van der Waals surface area contributed by atoms with E-state index in [9.17, 15) is 0 Å². The molecule has 1 fully saturated rings. The molecule has 1 saturated heterocycles. The fourth-order valence-corrected chi connectivity index (χ4v) is 4.54. The third-order valence-electron chi connectivity index (χ3n) is 5.77. The number of nitrogens with zero attached hydrogens (tertiary/aromatic N) is 4. The number of morpholine rings is 1. The number of thiazole rings is 1. The van der Waals surface area contributed by atoms with Crippen molar-refractivity contribution in [2.75, 3.05) is 31.2 Å². The Labute approximate surface area is 197 Å². The van der Waals surface area contributed by atoms with Crippen molar-refractivity contribution in [2.45, 2.75) is 13.8 Å². The second-order valence-electron chi connectivity index (χ2n) is 8.01. The van der Waals surface area contributed by atoms with Crippen LogP contribution in [0.1, 0.15) is 16.7 Å². The standard InChI is InChI=1S/C26H26N4O2S/c1-19-5-8-22(16-20(19)2)28-26-30(24(18-33-26)25-4-3-13-32-25)27-17-21-6-9-23(10-7-21)29-11-14-31-15-12-29/h3-10,13,16-18H,11-12,14-15H2,1-2H3. The summed E-state index contributed by atoms with van der Waals surface area (Å²) in [5.74, 6) is 0.757. The first-order valence-corrected chi connectivity index (χ1v) is 11.9. The third-order valence-corrected chi connectivity index (χ3v) is 6.58. The van der Waals surface area contributed by atoms with Gasteiger partial charge in [-0.3, -0.25) is 0 Å². The molecule has 7 heteroatoms. The van der Waals surface area contributed by atoms with Crippen LogP contribution < -0.4 is 9.70 Å². The van der Waals surface area contributed by atoms with E-state index in [0.717, 1.165) is 53.8 Å². The van der Waals surface area contributed by atoms with Crippen molar-refractivity contribution in [1.82, 2.24) is 4.68 Å². The fraction of sp³-hybridized carbons (Fsp3) is 0.231. The average molecular weight is 459 g/mol. The number of aromatic nitrogens is 1. The van der Waals surface area contributed by atoms with Crippen molar-refractivity contribution < 1.29 is 9.15 Å². The zero-order valence-electron chi connectivity index (χ0n) is 18.8. The molecule has 0 saturated carbocycles. The van der Waals surface area contributed by atoms with Gasteiger partial charge >= 0.3 is 0 Å². The maximum atomic E-state index is 5.65. The predicted molar refractivity (Wildman–Crippen MR) is 134 cm³/mol. The summed E-state index contributed by atoms with van der Waals surface area (Å²) in [4.78, 5) is 7.99. The second kappa shape index (κ2) is 9.60. The summed E-state index contributed by atoms with van der Waals surface area (Å²) < 4.78 is 12.9. The van der Waals surface area contributed by atoms with Crippen LogP contribution in [0.25, 0.3) is 11.5 Å². The van der Waals surface area contributed by atoms with E-state index in [2.05, 4.69) is 55.1 Å². The molecule has 0 atom stereocenters. The highest BCUT2D eigenvalue weighted by molar-refractivity contribution is 7.07. The quantitative estimate of drug-likeness (QED) is 0.378. The lowest BCUT2D eigenvalue weighted by atomic mass is 10.1. The van der Waals surface area contributed by atoms with Gasteiger partial charge < -0.3 is 14.1 Å². The molecule has 0 bridgehead atoms. The van der Waals surface area contributed by atoms with Gasteiger partial charge in [-0.25, -0.2) is 9.67 Å².